The topological polar surface area (TPSA) is 29.3 Å². The van der Waals surface area contributed by atoms with Gasteiger partial charge in [0.2, 0.25) is 0 Å². The Hall–Kier alpha value is -1.02. The second kappa shape index (κ2) is 3.24. The van der Waals surface area contributed by atoms with E-state index in [0.29, 0.717) is 5.41 Å². The van der Waals surface area contributed by atoms with Crippen molar-refractivity contribution in [3.63, 3.8) is 0 Å². The molecule has 1 fully saturated rings. The van der Waals surface area contributed by atoms with Crippen LogP contribution < -0.4 is 10.6 Å². The third-order valence-electron chi connectivity index (χ3n) is 3.90. The van der Waals surface area contributed by atoms with Crippen molar-refractivity contribution in [2.45, 2.75) is 19.3 Å². The molecule has 0 radical (unpaired) electrons. The average molecular weight is 202 g/mol. The number of fused-ring (bicyclic) bond motifs is 1. The standard InChI is InChI=1S/C13H18N2/c14-9-13(6-7-13)10-15-8-5-11-3-1-2-4-12(11)15/h1-4H,5-10,14H2. The van der Waals surface area contributed by atoms with Crippen LogP contribution in [0.4, 0.5) is 5.69 Å². The molecule has 0 amide bonds. The predicted octanol–water partition coefficient (Wildman–Crippen LogP) is 1.79. The van der Waals surface area contributed by atoms with Crippen LogP contribution >= 0.6 is 0 Å². The van der Waals surface area contributed by atoms with Crippen LogP contribution in [-0.2, 0) is 6.42 Å². The summed E-state index contributed by atoms with van der Waals surface area (Å²) in [5.74, 6) is 0. The minimum absolute atomic E-state index is 0.456. The van der Waals surface area contributed by atoms with Crippen LogP contribution in [-0.4, -0.2) is 19.6 Å². The Labute approximate surface area is 91.1 Å². The predicted molar refractivity (Wildman–Crippen MR) is 63.1 cm³/mol. The molecule has 2 aliphatic rings. The Balaban J connectivity index is 1.79. The summed E-state index contributed by atoms with van der Waals surface area (Å²) in [6.07, 6.45) is 3.85. The van der Waals surface area contributed by atoms with Gasteiger partial charge in [-0.15, -0.1) is 0 Å². The zero-order chi connectivity index (χ0) is 10.3. The average Bonchev–Trinajstić information content (AvgIpc) is 2.95. The molecule has 1 aromatic rings. The minimum Gasteiger partial charge on any atom is -0.370 e. The van der Waals surface area contributed by atoms with Crippen molar-refractivity contribution in [3.05, 3.63) is 29.8 Å². The molecule has 15 heavy (non-hydrogen) atoms. The number of nitrogens with two attached hydrogens (primary N) is 1. The van der Waals surface area contributed by atoms with E-state index in [9.17, 15) is 0 Å². The smallest absolute Gasteiger partial charge is 0.0399 e. The van der Waals surface area contributed by atoms with Crippen LogP contribution in [0.2, 0.25) is 0 Å². The molecule has 2 nitrogen and oxygen atoms in total. The van der Waals surface area contributed by atoms with Crippen molar-refractivity contribution in [1.29, 1.82) is 0 Å². The van der Waals surface area contributed by atoms with Crippen molar-refractivity contribution in [2.24, 2.45) is 11.1 Å². The number of anilines is 1. The normalized spacial score (nSPS) is 21.5. The molecule has 2 N–H and O–H groups in total. The van der Waals surface area contributed by atoms with Crippen LogP contribution in [0, 0.1) is 5.41 Å². The number of nitrogens with zero attached hydrogens (tertiary/aromatic N) is 1. The molecule has 0 bridgehead atoms. The number of hydrogen-bond acceptors (Lipinski definition) is 2. The molecule has 80 valence electrons. The van der Waals surface area contributed by atoms with Crippen LogP contribution in [0.5, 0.6) is 0 Å². The second-order valence-electron chi connectivity index (χ2n) is 5.00. The van der Waals surface area contributed by atoms with Crippen molar-refractivity contribution in [3.8, 4) is 0 Å². The molecule has 0 atom stereocenters. The van der Waals surface area contributed by atoms with Gasteiger partial charge in [-0.25, -0.2) is 0 Å². The molecule has 2 heteroatoms. The molecule has 1 heterocycles. The number of hydrogen-bond donors (Lipinski definition) is 1. The minimum atomic E-state index is 0.456. The van der Waals surface area contributed by atoms with Gasteiger partial charge in [-0.1, -0.05) is 18.2 Å². The molecule has 1 aliphatic heterocycles. The summed E-state index contributed by atoms with van der Waals surface area (Å²) < 4.78 is 0. The van der Waals surface area contributed by atoms with Crippen LogP contribution in [0.1, 0.15) is 18.4 Å². The highest BCUT2D eigenvalue weighted by atomic mass is 15.2. The molecule has 1 aliphatic carbocycles. The van der Waals surface area contributed by atoms with Crippen molar-refractivity contribution in [1.82, 2.24) is 0 Å². The Kier molecular flexibility index (Phi) is 1.99. The molecular formula is C13H18N2. The first-order chi connectivity index (χ1) is 7.33. The van der Waals surface area contributed by atoms with E-state index in [1.165, 1.54) is 43.6 Å². The maximum atomic E-state index is 5.84. The second-order valence-corrected chi connectivity index (χ2v) is 5.00. The van der Waals surface area contributed by atoms with Gasteiger partial charge in [-0.2, -0.15) is 0 Å². The maximum absolute atomic E-state index is 5.84. The first kappa shape index (κ1) is 9.22. The van der Waals surface area contributed by atoms with E-state index in [-0.39, 0.29) is 0 Å². The van der Waals surface area contributed by atoms with Gasteiger partial charge in [0.15, 0.2) is 0 Å². The third kappa shape index (κ3) is 1.53. The molecule has 0 spiro atoms. The molecule has 1 saturated carbocycles. The fourth-order valence-electron chi connectivity index (χ4n) is 2.58. The fourth-order valence-corrected chi connectivity index (χ4v) is 2.58. The number of rotatable bonds is 3. The summed E-state index contributed by atoms with van der Waals surface area (Å²) in [5.41, 5.74) is 9.24. The summed E-state index contributed by atoms with van der Waals surface area (Å²) in [6, 6.07) is 8.77. The molecule has 1 aromatic carbocycles. The largest absolute Gasteiger partial charge is 0.370 e. The number of benzene rings is 1. The van der Waals surface area contributed by atoms with Crippen molar-refractivity contribution < 1.29 is 0 Å². The van der Waals surface area contributed by atoms with Gasteiger partial charge in [0, 0.05) is 24.2 Å². The van der Waals surface area contributed by atoms with E-state index < -0.39 is 0 Å². The van der Waals surface area contributed by atoms with E-state index >= 15 is 0 Å². The molecule has 0 aromatic heterocycles. The molecule has 3 rings (SSSR count). The zero-order valence-corrected chi connectivity index (χ0v) is 9.08. The first-order valence-electron chi connectivity index (χ1n) is 5.86. The Bertz CT molecular complexity index is 369. The lowest BCUT2D eigenvalue weighted by atomic mass is 10.1. The summed E-state index contributed by atoms with van der Waals surface area (Å²) in [4.78, 5) is 2.52. The van der Waals surface area contributed by atoms with Crippen LogP contribution in [0.25, 0.3) is 0 Å². The lowest BCUT2D eigenvalue weighted by molar-refractivity contribution is 0.515. The molecule has 0 saturated heterocycles. The van der Waals surface area contributed by atoms with E-state index in [0.717, 1.165) is 6.54 Å². The first-order valence-corrected chi connectivity index (χ1v) is 5.86. The summed E-state index contributed by atoms with van der Waals surface area (Å²) in [5, 5.41) is 0. The Morgan fingerprint density at radius 2 is 2.07 bits per heavy atom. The van der Waals surface area contributed by atoms with Gasteiger partial charge in [-0.3, -0.25) is 0 Å². The Morgan fingerprint density at radius 3 is 2.80 bits per heavy atom. The highest BCUT2D eigenvalue weighted by molar-refractivity contribution is 5.58. The highest BCUT2D eigenvalue weighted by Crippen LogP contribution is 2.46. The Morgan fingerprint density at radius 1 is 1.27 bits per heavy atom. The van der Waals surface area contributed by atoms with Gasteiger partial charge in [-0.05, 0) is 37.4 Å². The summed E-state index contributed by atoms with van der Waals surface area (Å²) >= 11 is 0. The summed E-state index contributed by atoms with van der Waals surface area (Å²) in [7, 11) is 0. The monoisotopic (exact) mass is 202 g/mol. The number of para-hydroxylation sites is 1. The van der Waals surface area contributed by atoms with E-state index in [1.807, 2.05) is 0 Å². The quantitative estimate of drug-likeness (QED) is 0.809. The SMILES string of the molecule is NCC1(CN2CCc3ccccc32)CC1. The maximum Gasteiger partial charge on any atom is 0.0399 e. The van der Waals surface area contributed by atoms with Gasteiger partial charge < -0.3 is 10.6 Å². The van der Waals surface area contributed by atoms with Gasteiger partial charge >= 0.3 is 0 Å². The van der Waals surface area contributed by atoms with Gasteiger partial charge in [0.05, 0.1) is 0 Å². The van der Waals surface area contributed by atoms with E-state index in [2.05, 4.69) is 29.2 Å². The molecule has 0 unspecified atom stereocenters. The van der Waals surface area contributed by atoms with Crippen LogP contribution in [0.3, 0.4) is 0 Å². The highest BCUT2D eigenvalue weighted by Gasteiger charge is 2.43. The third-order valence-corrected chi connectivity index (χ3v) is 3.90. The lowest BCUT2D eigenvalue weighted by Gasteiger charge is -2.24. The van der Waals surface area contributed by atoms with E-state index in [1.54, 1.807) is 0 Å². The van der Waals surface area contributed by atoms with Crippen molar-refractivity contribution >= 4 is 5.69 Å². The summed E-state index contributed by atoms with van der Waals surface area (Å²) in [6.45, 7) is 3.20. The van der Waals surface area contributed by atoms with E-state index in [4.69, 9.17) is 5.73 Å². The zero-order valence-electron chi connectivity index (χ0n) is 9.08. The van der Waals surface area contributed by atoms with Crippen LogP contribution in [0.15, 0.2) is 24.3 Å². The lowest BCUT2D eigenvalue weighted by Crippen LogP contribution is -2.33. The van der Waals surface area contributed by atoms with Crippen molar-refractivity contribution in [2.75, 3.05) is 24.5 Å². The molecular weight excluding hydrogens is 184 g/mol. The van der Waals surface area contributed by atoms with Gasteiger partial charge in [0.25, 0.3) is 0 Å². The van der Waals surface area contributed by atoms with Gasteiger partial charge in [0.1, 0.15) is 0 Å². The fraction of sp³-hybridized carbons (Fsp3) is 0.538.